The Morgan fingerprint density at radius 2 is 1.97 bits per heavy atom. The lowest BCUT2D eigenvalue weighted by molar-refractivity contribution is 0.0257. The maximum absolute atomic E-state index is 13.8. The summed E-state index contributed by atoms with van der Waals surface area (Å²) < 4.78 is 41.2. The average molecular weight is 497 g/mol. The number of rotatable bonds is 3. The molecule has 7 nitrogen and oxygen atoms in total. The van der Waals surface area contributed by atoms with Crippen LogP contribution >= 0.6 is 0 Å². The fourth-order valence-corrected chi connectivity index (χ4v) is 4.69. The first kappa shape index (κ1) is 23.9. The van der Waals surface area contributed by atoms with Gasteiger partial charge >= 0.3 is 6.03 Å². The molecule has 3 aromatic rings. The lowest BCUT2D eigenvalue weighted by Crippen LogP contribution is -2.42. The predicted molar refractivity (Wildman–Crippen MR) is 134 cm³/mol. The summed E-state index contributed by atoms with van der Waals surface area (Å²) in [6, 6.07) is 11.7. The number of nitrogens with zero attached hydrogens (tertiary/aromatic N) is 5. The molecule has 2 aromatic heterocycles. The lowest BCUT2D eigenvalue weighted by Gasteiger charge is -2.28. The number of carbonyl (C=O) groups excluding carboxylic acids is 1. The summed E-state index contributed by atoms with van der Waals surface area (Å²) in [5, 5.41) is 2.73. The molecule has 1 N–H and O–H groups in total. The summed E-state index contributed by atoms with van der Waals surface area (Å²) in [7, 11) is 1.94. The van der Waals surface area contributed by atoms with E-state index in [0.29, 0.717) is 30.2 Å². The smallest absolute Gasteiger partial charge is 0.327 e. The average Bonchev–Trinajstić information content (AvgIpc) is 3.16. The third kappa shape index (κ3) is 4.80. The SMILES string of the molecule is C[C@@H]1CCN(C)c2ccc(-c3cccc(N4CCC(F)(F)C4)c3)nc2N1C(=O)Nc1cncc(F)c1. The summed E-state index contributed by atoms with van der Waals surface area (Å²) in [6.45, 7) is 2.65. The van der Waals surface area contributed by atoms with Gasteiger partial charge in [0.2, 0.25) is 0 Å². The minimum atomic E-state index is -2.69. The van der Waals surface area contributed by atoms with E-state index in [4.69, 9.17) is 4.98 Å². The van der Waals surface area contributed by atoms with Gasteiger partial charge < -0.3 is 15.1 Å². The number of benzene rings is 1. The van der Waals surface area contributed by atoms with E-state index in [9.17, 15) is 18.0 Å². The molecule has 1 aromatic carbocycles. The zero-order chi connectivity index (χ0) is 25.4. The van der Waals surface area contributed by atoms with Gasteiger partial charge in [0.15, 0.2) is 5.82 Å². The van der Waals surface area contributed by atoms with Crippen molar-refractivity contribution >= 4 is 28.9 Å². The normalized spacial score (nSPS) is 19.1. The second-order valence-corrected chi connectivity index (χ2v) is 9.37. The van der Waals surface area contributed by atoms with Gasteiger partial charge in [-0.1, -0.05) is 12.1 Å². The van der Waals surface area contributed by atoms with Crippen molar-refractivity contribution in [2.45, 2.75) is 31.7 Å². The van der Waals surface area contributed by atoms with E-state index in [2.05, 4.69) is 10.3 Å². The first-order valence-electron chi connectivity index (χ1n) is 11.9. The molecule has 2 aliphatic rings. The topological polar surface area (TPSA) is 64.6 Å². The van der Waals surface area contributed by atoms with Crippen LogP contribution in [-0.2, 0) is 0 Å². The van der Waals surface area contributed by atoms with Crippen LogP contribution < -0.4 is 20.0 Å². The predicted octanol–water partition coefficient (Wildman–Crippen LogP) is 5.40. The quantitative estimate of drug-likeness (QED) is 0.527. The minimum absolute atomic E-state index is 0.163. The molecule has 5 rings (SSSR count). The molecule has 1 fully saturated rings. The maximum atomic E-state index is 13.8. The van der Waals surface area contributed by atoms with Gasteiger partial charge in [-0.25, -0.2) is 22.9 Å². The number of hydrogen-bond donors (Lipinski definition) is 1. The van der Waals surface area contributed by atoms with Crippen LogP contribution in [0, 0.1) is 5.82 Å². The molecule has 0 saturated carbocycles. The van der Waals surface area contributed by atoms with Gasteiger partial charge in [-0.15, -0.1) is 0 Å². The van der Waals surface area contributed by atoms with Crippen LogP contribution in [-0.4, -0.2) is 54.6 Å². The minimum Gasteiger partial charge on any atom is -0.372 e. The Hall–Kier alpha value is -3.82. The zero-order valence-corrected chi connectivity index (χ0v) is 20.1. The van der Waals surface area contributed by atoms with Gasteiger partial charge in [-0.3, -0.25) is 9.88 Å². The number of anilines is 4. The molecular weight excluding hydrogens is 469 g/mol. The number of nitrogens with one attached hydrogen (secondary N) is 1. The molecule has 1 saturated heterocycles. The molecule has 188 valence electrons. The number of carbonyl (C=O) groups is 1. The highest BCUT2D eigenvalue weighted by molar-refractivity contribution is 6.03. The molecule has 4 heterocycles. The van der Waals surface area contributed by atoms with E-state index in [1.165, 1.54) is 12.3 Å². The molecule has 1 atom stereocenters. The number of amides is 2. The number of hydrogen-bond acceptors (Lipinski definition) is 5. The van der Waals surface area contributed by atoms with E-state index in [1.807, 2.05) is 55.3 Å². The number of aromatic nitrogens is 2. The molecule has 0 aliphatic carbocycles. The van der Waals surface area contributed by atoms with Gasteiger partial charge in [-0.2, -0.15) is 0 Å². The standard InChI is InChI=1S/C26H27F3N6O/c1-17-8-10-33(2)23-7-6-22(18-4-3-5-21(12-18)34-11-9-26(28,29)16-34)32-24(23)35(17)25(36)31-20-13-19(27)14-30-15-20/h3-7,12-15,17H,8-11,16H2,1-2H3,(H,31,36)/t17-/m1/s1. The molecule has 0 bridgehead atoms. The van der Waals surface area contributed by atoms with Crippen LogP contribution in [0.4, 0.5) is 40.8 Å². The van der Waals surface area contributed by atoms with Gasteiger partial charge in [0.25, 0.3) is 5.92 Å². The molecular formula is C26H27F3N6O. The highest BCUT2D eigenvalue weighted by Gasteiger charge is 2.38. The van der Waals surface area contributed by atoms with Crippen LogP contribution in [0.25, 0.3) is 11.3 Å². The highest BCUT2D eigenvalue weighted by atomic mass is 19.3. The molecule has 0 radical (unpaired) electrons. The van der Waals surface area contributed by atoms with Crippen molar-refractivity contribution in [2.24, 2.45) is 0 Å². The largest absolute Gasteiger partial charge is 0.372 e. The maximum Gasteiger partial charge on any atom is 0.327 e. The van der Waals surface area contributed by atoms with E-state index < -0.39 is 17.8 Å². The third-order valence-electron chi connectivity index (χ3n) is 6.67. The molecule has 0 spiro atoms. The number of pyridine rings is 2. The molecule has 10 heteroatoms. The lowest BCUT2D eigenvalue weighted by atomic mass is 10.1. The Labute approximate surface area is 207 Å². The summed E-state index contributed by atoms with van der Waals surface area (Å²) >= 11 is 0. The fraction of sp³-hybridized carbons (Fsp3) is 0.346. The van der Waals surface area contributed by atoms with Crippen molar-refractivity contribution in [3.8, 4) is 11.3 Å². The Bertz CT molecular complexity index is 1290. The zero-order valence-electron chi connectivity index (χ0n) is 20.1. The van der Waals surface area contributed by atoms with E-state index in [-0.39, 0.29) is 24.7 Å². The van der Waals surface area contributed by atoms with Crippen LogP contribution in [0.1, 0.15) is 19.8 Å². The van der Waals surface area contributed by atoms with Gasteiger partial charge in [0, 0.05) is 49.9 Å². The van der Waals surface area contributed by atoms with Crippen molar-refractivity contribution in [3.05, 3.63) is 60.7 Å². The van der Waals surface area contributed by atoms with Crippen LogP contribution in [0.15, 0.2) is 54.9 Å². The Kier molecular flexibility index (Phi) is 6.19. The van der Waals surface area contributed by atoms with Gasteiger partial charge in [0.1, 0.15) is 5.82 Å². The first-order chi connectivity index (χ1) is 17.2. The molecule has 2 amide bonds. The first-order valence-corrected chi connectivity index (χ1v) is 11.9. The number of urea groups is 1. The second-order valence-electron chi connectivity index (χ2n) is 9.37. The van der Waals surface area contributed by atoms with Crippen molar-refractivity contribution in [2.75, 3.05) is 46.7 Å². The van der Waals surface area contributed by atoms with Crippen molar-refractivity contribution in [3.63, 3.8) is 0 Å². The number of halogens is 3. The summed E-state index contributed by atoms with van der Waals surface area (Å²) in [5.74, 6) is -2.77. The third-order valence-corrected chi connectivity index (χ3v) is 6.67. The Balaban J connectivity index is 1.50. The van der Waals surface area contributed by atoms with Gasteiger partial charge in [-0.05, 0) is 37.6 Å². The van der Waals surface area contributed by atoms with Crippen molar-refractivity contribution < 1.29 is 18.0 Å². The van der Waals surface area contributed by atoms with E-state index in [1.54, 1.807) is 9.80 Å². The monoisotopic (exact) mass is 496 g/mol. The summed E-state index contributed by atoms with van der Waals surface area (Å²) in [6.07, 6.45) is 2.99. The van der Waals surface area contributed by atoms with Crippen LogP contribution in [0.3, 0.4) is 0 Å². The van der Waals surface area contributed by atoms with Crippen molar-refractivity contribution in [1.82, 2.24) is 9.97 Å². The number of fused-ring (bicyclic) bond motifs is 1. The highest BCUT2D eigenvalue weighted by Crippen LogP contribution is 2.37. The molecule has 2 aliphatic heterocycles. The fourth-order valence-electron chi connectivity index (χ4n) is 4.69. The summed E-state index contributed by atoms with van der Waals surface area (Å²) in [4.78, 5) is 27.3. The summed E-state index contributed by atoms with van der Waals surface area (Å²) in [5.41, 5.74) is 3.12. The second kappa shape index (κ2) is 9.33. The molecule has 0 unspecified atom stereocenters. The van der Waals surface area contributed by atoms with Gasteiger partial charge in [0.05, 0.1) is 36.0 Å². The van der Waals surface area contributed by atoms with E-state index in [0.717, 1.165) is 24.0 Å². The van der Waals surface area contributed by atoms with Crippen molar-refractivity contribution in [1.29, 1.82) is 0 Å². The Morgan fingerprint density at radius 3 is 2.72 bits per heavy atom. The van der Waals surface area contributed by atoms with Crippen LogP contribution in [0.5, 0.6) is 0 Å². The Morgan fingerprint density at radius 1 is 1.14 bits per heavy atom. The van der Waals surface area contributed by atoms with E-state index >= 15 is 0 Å². The molecule has 36 heavy (non-hydrogen) atoms. The van der Waals surface area contributed by atoms with Crippen LogP contribution in [0.2, 0.25) is 0 Å². The number of alkyl halides is 2.